The highest BCUT2D eigenvalue weighted by atomic mass is 16.5. The third-order valence-corrected chi connectivity index (χ3v) is 4.51. The molecule has 3 aromatic rings. The minimum absolute atomic E-state index is 0.147. The highest BCUT2D eigenvalue weighted by Gasteiger charge is 2.26. The van der Waals surface area contributed by atoms with Crippen molar-refractivity contribution in [2.24, 2.45) is 0 Å². The van der Waals surface area contributed by atoms with Crippen LogP contribution < -0.4 is 5.56 Å². The predicted octanol–water partition coefficient (Wildman–Crippen LogP) is 2.74. The van der Waals surface area contributed by atoms with Gasteiger partial charge in [0.05, 0.1) is 13.2 Å². The first-order valence-corrected chi connectivity index (χ1v) is 8.30. The number of pyridine rings is 1. The lowest BCUT2D eigenvalue weighted by molar-refractivity contribution is -0.0230. The summed E-state index contributed by atoms with van der Waals surface area (Å²) in [6.45, 7) is 1.46. The van der Waals surface area contributed by atoms with E-state index in [0.717, 1.165) is 10.9 Å². The molecule has 1 N–H and O–H groups in total. The fourth-order valence-corrected chi connectivity index (χ4v) is 3.20. The maximum absolute atomic E-state index is 12.9. The van der Waals surface area contributed by atoms with E-state index in [0.29, 0.717) is 30.8 Å². The summed E-state index contributed by atoms with van der Waals surface area (Å²) < 4.78 is 5.81. The van der Waals surface area contributed by atoms with Gasteiger partial charge in [-0.25, -0.2) is 0 Å². The normalized spacial score (nSPS) is 17.6. The molecule has 2 aromatic carbocycles. The van der Waals surface area contributed by atoms with Crippen molar-refractivity contribution in [3.05, 3.63) is 82.3 Å². The van der Waals surface area contributed by atoms with Gasteiger partial charge in [0.25, 0.3) is 11.5 Å². The number of amides is 1. The smallest absolute Gasteiger partial charge is 0.270 e. The number of H-pyrrole nitrogens is 1. The minimum atomic E-state index is -0.241. The molecule has 1 saturated heterocycles. The van der Waals surface area contributed by atoms with Crippen LogP contribution in [0.2, 0.25) is 0 Å². The van der Waals surface area contributed by atoms with Gasteiger partial charge in [-0.15, -0.1) is 0 Å². The van der Waals surface area contributed by atoms with Gasteiger partial charge < -0.3 is 14.6 Å². The summed E-state index contributed by atoms with van der Waals surface area (Å²) >= 11 is 0. The van der Waals surface area contributed by atoms with Gasteiger partial charge in [0, 0.05) is 11.9 Å². The topological polar surface area (TPSA) is 62.4 Å². The summed E-state index contributed by atoms with van der Waals surface area (Å²) in [4.78, 5) is 29.5. The van der Waals surface area contributed by atoms with Crippen LogP contribution >= 0.6 is 0 Å². The molecule has 0 spiro atoms. The van der Waals surface area contributed by atoms with Gasteiger partial charge in [-0.2, -0.15) is 0 Å². The second-order valence-electron chi connectivity index (χ2n) is 6.12. The Morgan fingerprint density at radius 1 is 1.08 bits per heavy atom. The molecule has 0 saturated carbocycles. The van der Waals surface area contributed by atoms with Crippen molar-refractivity contribution < 1.29 is 9.53 Å². The first-order valence-electron chi connectivity index (χ1n) is 8.30. The molecule has 126 valence electrons. The van der Waals surface area contributed by atoms with Gasteiger partial charge in [0.2, 0.25) is 0 Å². The zero-order valence-corrected chi connectivity index (χ0v) is 13.6. The monoisotopic (exact) mass is 334 g/mol. The molecule has 1 atom stereocenters. The Morgan fingerprint density at radius 2 is 1.84 bits per heavy atom. The molecule has 1 aliphatic rings. The number of morpholine rings is 1. The number of ether oxygens (including phenoxy) is 1. The highest BCUT2D eigenvalue weighted by Crippen LogP contribution is 2.23. The SMILES string of the molecule is O=C(c1cc2ccccc2c(=O)[nH]1)N1CCOC(c2ccccc2)C1. The molecule has 2 heterocycles. The van der Waals surface area contributed by atoms with Crippen molar-refractivity contribution in [1.82, 2.24) is 9.88 Å². The lowest BCUT2D eigenvalue weighted by atomic mass is 10.1. The number of benzene rings is 2. The Hall–Kier alpha value is -2.92. The first-order chi connectivity index (χ1) is 12.2. The molecule has 5 nitrogen and oxygen atoms in total. The maximum Gasteiger partial charge on any atom is 0.270 e. The number of aromatic amines is 1. The Labute approximate surface area is 144 Å². The van der Waals surface area contributed by atoms with Crippen LogP contribution in [0.25, 0.3) is 10.8 Å². The molecule has 1 fully saturated rings. The molecule has 0 aliphatic carbocycles. The fourth-order valence-electron chi connectivity index (χ4n) is 3.20. The molecule has 5 heteroatoms. The third kappa shape index (κ3) is 3.06. The Kier molecular flexibility index (Phi) is 4.07. The highest BCUT2D eigenvalue weighted by molar-refractivity contribution is 5.96. The predicted molar refractivity (Wildman–Crippen MR) is 95.6 cm³/mol. The third-order valence-electron chi connectivity index (χ3n) is 4.51. The van der Waals surface area contributed by atoms with Crippen molar-refractivity contribution in [2.75, 3.05) is 19.7 Å². The van der Waals surface area contributed by atoms with Crippen LogP contribution in [0.1, 0.15) is 22.2 Å². The summed E-state index contributed by atoms with van der Waals surface area (Å²) in [6, 6.07) is 18.9. The van der Waals surface area contributed by atoms with E-state index in [1.165, 1.54) is 0 Å². The fraction of sp³-hybridized carbons (Fsp3) is 0.200. The molecule has 0 radical (unpaired) electrons. The van der Waals surface area contributed by atoms with E-state index in [2.05, 4.69) is 4.98 Å². The minimum Gasteiger partial charge on any atom is -0.370 e. The van der Waals surface area contributed by atoms with E-state index in [-0.39, 0.29) is 17.6 Å². The van der Waals surface area contributed by atoms with Gasteiger partial charge in [-0.05, 0) is 23.1 Å². The van der Waals surface area contributed by atoms with E-state index >= 15 is 0 Å². The van der Waals surface area contributed by atoms with E-state index in [4.69, 9.17) is 4.74 Å². The van der Waals surface area contributed by atoms with E-state index in [9.17, 15) is 9.59 Å². The number of carbonyl (C=O) groups excluding carboxylic acids is 1. The van der Waals surface area contributed by atoms with Gasteiger partial charge in [-0.3, -0.25) is 9.59 Å². The molecule has 1 aliphatic heterocycles. The summed E-state index contributed by atoms with van der Waals surface area (Å²) in [5, 5.41) is 1.35. The van der Waals surface area contributed by atoms with Crippen molar-refractivity contribution in [2.45, 2.75) is 6.10 Å². The average molecular weight is 334 g/mol. The molecular formula is C20H18N2O3. The molecule has 1 amide bonds. The van der Waals surface area contributed by atoms with Gasteiger partial charge in [0.1, 0.15) is 11.8 Å². The molecule has 4 rings (SSSR count). The molecule has 0 bridgehead atoms. The van der Waals surface area contributed by atoms with Crippen LogP contribution in [-0.2, 0) is 4.74 Å². The molecule has 1 aromatic heterocycles. The van der Waals surface area contributed by atoms with Crippen LogP contribution in [0.15, 0.2) is 65.5 Å². The number of carbonyl (C=O) groups is 1. The largest absolute Gasteiger partial charge is 0.370 e. The quantitative estimate of drug-likeness (QED) is 0.784. The standard InChI is InChI=1S/C20H18N2O3/c23-19-16-9-5-4-8-15(16)12-17(21-19)20(24)22-10-11-25-18(13-22)14-6-2-1-3-7-14/h1-9,12,18H,10-11,13H2,(H,21,23). The molecular weight excluding hydrogens is 316 g/mol. The van der Waals surface area contributed by atoms with E-state index < -0.39 is 0 Å². The second-order valence-corrected chi connectivity index (χ2v) is 6.12. The number of fused-ring (bicyclic) bond motifs is 1. The lowest BCUT2D eigenvalue weighted by Gasteiger charge is -2.33. The number of hydrogen-bond acceptors (Lipinski definition) is 3. The summed E-state index contributed by atoms with van der Waals surface area (Å²) in [5.74, 6) is -0.174. The van der Waals surface area contributed by atoms with Crippen molar-refractivity contribution in [3.63, 3.8) is 0 Å². The number of hydrogen-bond donors (Lipinski definition) is 1. The lowest BCUT2D eigenvalue weighted by Crippen LogP contribution is -2.42. The Morgan fingerprint density at radius 3 is 2.68 bits per heavy atom. The van der Waals surface area contributed by atoms with Gasteiger partial charge in [-0.1, -0.05) is 48.5 Å². The van der Waals surface area contributed by atoms with Crippen LogP contribution in [0.4, 0.5) is 0 Å². The molecule has 1 unspecified atom stereocenters. The van der Waals surface area contributed by atoms with Crippen LogP contribution in [0, 0.1) is 0 Å². The first kappa shape index (κ1) is 15.6. The van der Waals surface area contributed by atoms with Crippen LogP contribution in [-0.4, -0.2) is 35.5 Å². The number of nitrogens with one attached hydrogen (secondary N) is 1. The van der Waals surface area contributed by atoms with Crippen LogP contribution in [0.3, 0.4) is 0 Å². The van der Waals surface area contributed by atoms with E-state index in [1.807, 2.05) is 48.5 Å². The Bertz CT molecular complexity index is 965. The molecule has 25 heavy (non-hydrogen) atoms. The van der Waals surface area contributed by atoms with Crippen molar-refractivity contribution in [1.29, 1.82) is 0 Å². The van der Waals surface area contributed by atoms with Gasteiger partial charge >= 0.3 is 0 Å². The summed E-state index contributed by atoms with van der Waals surface area (Å²) in [5.41, 5.74) is 1.12. The van der Waals surface area contributed by atoms with Crippen molar-refractivity contribution in [3.8, 4) is 0 Å². The summed E-state index contributed by atoms with van der Waals surface area (Å²) in [7, 11) is 0. The number of rotatable bonds is 2. The zero-order valence-electron chi connectivity index (χ0n) is 13.6. The van der Waals surface area contributed by atoms with Crippen LogP contribution in [0.5, 0.6) is 0 Å². The number of nitrogens with zero attached hydrogens (tertiary/aromatic N) is 1. The maximum atomic E-state index is 12.9. The Balaban J connectivity index is 1.61. The average Bonchev–Trinajstić information content (AvgIpc) is 2.68. The van der Waals surface area contributed by atoms with E-state index in [1.54, 1.807) is 17.0 Å². The zero-order chi connectivity index (χ0) is 17.2. The number of aromatic nitrogens is 1. The second kappa shape index (κ2) is 6.53. The summed E-state index contributed by atoms with van der Waals surface area (Å²) in [6.07, 6.45) is -0.147. The van der Waals surface area contributed by atoms with Crippen molar-refractivity contribution >= 4 is 16.7 Å². The van der Waals surface area contributed by atoms with Gasteiger partial charge in [0.15, 0.2) is 0 Å².